The van der Waals surface area contributed by atoms with Gasteiger partial charge < -0.3 is 31.1 Å². The zero-order chi connectivity index (χ0) is 30.3. The number of hydrogen-bond donors (Lipinski definition) is 4. The Morgan fingerprint density at radius 2 is 1.83 bits per heavy atom. The van der Waals surface area contributed by atoms with Crippen molar-refractivity contribution in [3.05, 3.63) is 71.3 Å². The zero-order valence-electron chi connectivity index (χ0n) is 24.5. The van der Waals surface area contributed by atoms with Gasteiger partial charge in [-0.25, -0.2) is 0 Å². The number of thioether (sulfide) groups is 1. The summed E-state index contributed by atoms with van der Waals surface area (Å²) in [5.74, 6) is -0.588. The molecule has 3 atom stereocenters. The van der Waals surface area contributed by atoms with Crippen LogP contribution in [-0.4, -0.2) is 69.7 Å². The third kappa shape index (κ3) is 8.50. The minimum atomic E-state index is -1.56. The van der Waals surface area contributed by atoms with Gasteiger partial charge in [0, 0.05) is 17.0 Å². The van der Waals surface area contributed by atoms with E-state index in [0.29, 0.717) is 30.8 Å². The van der Waals surface area contributed by atoms with Gasteiger partial charge in [0.25, 0.3) is 11.8 Å². The van der Waals surface area contributed by atoms with E-state index in [4.69, 9.17) is 10.5 Å². The Morgan fingerprint density at radius 3 is 2.44 bits per heavy atom. The Labute approximate surface area is 246 Å². The number of aryl methyl sites for hydroxylation is 3. The van der Waals surface area contributed by atoms with E-state index in [1.165, 1.54) is 16.7 Å². The Bertz CT molecular complexity index is 1240. The number of rotatable bonds is 12. The second kappa shape index (κ2) is 13.9. The number of nitrogens with one attached hydrogen (secondary N) is 2. The van der Waals surface area contributed by atoms with Crippen LogP contribution in [-0.2, 0) is 20.8 Å². The van der Waals surface area contributed by atoms with Crippen molar-refractivity contribution in [1.82, 2.24) is 15.5 Å². The second-order valence-electron chi connectivity index (χ2n) is 11.2. The highest BCUT2D eigenvalue weighted by molar-refractivity contribution is 8.00. The van der Waals surface area contributed by atoms with Gasteiger partial charge in [0.1, 0.15) is 11.8 Å². The van der Waals surface area contributed by atoms with Gasteiger partial charge in [0.2, 0.25) is 5.91 Å². The van der Waals surface area contributed by atoms with Crippen molar-refractivity contribution >= 4 is 35.2 Å². The average molecular weight is 583 g/mol. The van der Waals surface area contributed by atoms with Crippen LogP contribution in [0.1, 0.15) is 43.9 Å². The van der Waals surface area contributed by atoms with Crippen LogP contribution in [0, 0.1) is 13.8 Å². The molecule has 1 saturated heterocycles. The smallest absolute Gasteiger partial charge is 0.258 e. The van der Waals surface area contributed by atoms with Gasteiger partial charge in [-0.05, 0) is 76.3 Å². The Balaban J connectivity index is 1.77. The number of benzene rings is 2. The molecule has 0 unspecified atom stereocenters. The largest absolute Gasteiger partial charge is 0.483 e. The van der Waals surface area contributed by atoms with Crippen molar-refractivity contribution in [2.45, 2.75) is 70.4 Å². The van der Waals surface area contributed by atoms with Crippen molar-refractivity contribution in [1.29, 1.82) is 0 Å². The average Bonchev–Trinajstić information content (AvgIpc) is 3.23. The lowest BCUT2D eigenvalue weighted by atomic mass is 9.97. The molecule has 0 bridgehead atoms. The Morgan fingerprint density at radius 1 is 1.20 bits per heavy atom. The van der Waals surface area contributed by atoms with Gasteiger partial charge >= 0.3 is 0 Å². The molecule has 9 nitrogen and oxygen atoms in total. The van der Waals surface area contributed by atoms with E-state index in [1.807, 2.05) is 58.0 Å². The number of hydrogen-bond acceptors (Lipinski definition) is 7. The number of aliphatic hydroxyl groups is 1. The van der Waals surface area contributed by atoms with Crippen LogP contribution < -0.4 is 21.1 Å². The molecule has 1 aliphatic rings. The van der Waals surface area contributed by atoms with Gasteiger partial charge in [-0.1, -0.05) is 42.5 Å². The van der Waals surface area contributed by atoms with E-state index in [2.05, 4.69) is 17.2 Å². The first kappa shape index (κ1) is 32.0. The number of nitrogen functional groups attached to an aromatic ring is 1. The fraction of sp³-hybridized carbons (Fsp3) is 0.452. The number of nitrogens with two attached hydrogens (primary N) is 1. The normalized spacial score (nSPS) is 17.4. The van der Waals surface area contributed by atoms with Crippen LogP contribution >= 0.6 is 11.8 Å². The highest BCUT2D eigenvalue weighted by atomic mass is 32.2. The first-order valence-corrected chi connectivity index (χ1v) is 14.7. The highest BCUT2D eigenvalue weighted by Gasteiger charge is 2.49. The molecule has 0 aromatic heterocycles. The quantitative estimate of drug-likeness (QED) is 0.223. The van der Waals surface area contributed by atoms with Crippen molar-refractivity contribution in [3.8, 4) is 5.75 Å². The minimum Gasteiger partial charge on any atom is -0.483 e. The molecule has 5 N–H and O–H groups in total. The molecular formula is C31H42N4O5S. The summed E-state index contributed by atoms with van der Waals surface area (Å²) in [7, 11) is 0. The maximum Gasteiger partial charge on any atom is 0.258 e. The first-order valence-electron chi connectivity index (χ1n) is 13.7. The summed E-state index contributed by atoms with van der Waals surface area (Å²) in [5.41, 5.74) is 9.89. The molecule has 222 valence electrons. The number of amides is 3. The molecular weight excluding hydrogens is 540 g/mol. The summed E-state index contributed by atoms with van der Waals surface area (Å²) in [5, 5.41) is 17.0. The summed E-state index contributed by atoms with van der Waals surface area (Å²) in [6, 6.07) is 11.5. The second-order valence-corrected chi connectivity index (χ2v) is 12.8. The topological polar surface area (TPSA) is 134 Å². The fourth-order valence-electron chi connectivity index (χ4n) is 4.96. The molecule has 3 rings (SSSR count). The third-order valence-electron chi connectivity index (χ3n) is 7.04. The van der Waals surface area contributed by atoms with E-state index in [-0.39, 0.29) is 18.4 Å². The molecule has 2 aromatic carbocycles. The van der Waals surface area contributed by atoms with Gasteiger partial charge in [-0.3, -0.25) is 14.4 Å². The third-order valence-corrected chi connectivity index (χ3v) is 8.41. The fourth-order valence-corrected chi connectivity index (χ4v) is 6.10. The van der Waals surface area contributed by atoms with Gasteiger partial charge in [0.05, 0.1) is 11.9 Å². The lowest BCUT2D eigenvalue weighted by Gasteiger charge is -2.33. The van der Waals surface area contributed by atoms with Crippen LogP contribution in [0.4, 0.5) is 5.69 Å². The number of aliphatic hydroxyl groups excluding tert-OH is 1. The Kier molecular flexibility index (Phi) is 10.9. The SMILES string of the molecule is C=C(C)CNC(=O)[C@H]1N(C(=O)[C@@H](O)[C@H](CCc2ccccc2)NC(=O)COc2c(C)cc(N)cc2C)CSC1(C)C. The monoisotopic (exact) mass is 582 g/mol. The summed E-state index contributed by atoms with van der Waals surface area (Å²) >= 11 is 1.46. The highest BCUT2D eigenvalue weighted by Crippen LogP contribution is 2.40. The van der Waals surface area contributed by atoms with E-state index < -0.39 is 34.7 Å². The number of nitrogens with zero attached hydrogens (tertiary/aromatic N) is 1. The maximum atomic E-state index is 13.7. The van der Waals surface area contributed by atoms with E-state index in [9.17, 15) is 19.5 Å². The van der Waals surface area contributed by atoms with Crippen LogP contribution in [0.25, 0.3) is 0 Å². The lowest BCUT2D eigenvalue weighted by molar-refractivity contribution is -0.148. The molecule has 1 aliphatic heterocycles. The standard InChI is InChI=1S/C31H42N4O5S/c1-19(2)16-33-29(38)28-31(5,6)41-18-35(28)30(39)26(37)24(13-12-22-10-8-7-9-11-22)34-25(36)17-40-27-20(3)14-23(32)15-21(27)4/h7-11,14-15,24,26,28,37H,1,12-13,16-18,32H2,2-6H3,(H,33,38)(H,34,36)/t24-,26-,28+/m0/s1. The molecule has 3 amide bonds. The predicted molar refractivity (Wildman–Crippen MR) is 164 cm³/mol. The van der Waals surface area contributed by atoms with E-state index in [0.717, 1.165) is 22.3 Å². The molecule has 1 heterocycles. The molecule has 2 aromatic rings. The summed E-state index contributed by atoms with van der Waals surface area (Å²) < 4.78 is 5.23. The lowest BCUT2D eigenvalue weighted by Crippen LogP contribution is -2.58. The first-order chi connectivity index (χ1) is 19.3. The maximum absolute atomic E-state index is 13.7. The predicted octanol–water partition coefficient (Wildman–Crippen LogP) is 3.12. The Hall–Kier alpha value is -3.50. The summed E-state index contributed by atoms with van der Waals surface area (Å²) in [6.45, 7) is 13.1. The number of anilines is 1. The van der Waals surface area contributed by atoms with Gasteiger partial charge in [-0.2, -0.15) is 0 Å². The van der Waals surface area contributed by atoms with Crippen molar-refractivity contribution in [2.75, 3.05) is 24.8 Å². The minimum absolute atomic E-state index is 0.242. The molecule has 41 heavy (non-hydrogen) atoms. The number of carbonyl (C=O) groups excluding carboxylic acids is 3. The van der Waals surface area contributed by atoms with Crippen LogP contribution in [0.3, 0.4) is 0 Å². The van der Waals surface area contributed by atoms with E-state index in [1.54, 1.807) is 19.1 Å². The van der Waals surface area contributed by atoms with Crippen LogP contribution in [0.5, 0.6) is 5.75 Å². The molecule has 0 aliphatic carbocycles. The van der Waals surface area contributed by atoms with E-state index >= 15 is 0 Å². The molecule has 0 spiro atoms. The van der Waals surface area contributed by atoms with Crippen molar-refractivity contribution in [3.63, 3.8) is 0 Å². The summed E-state index contributed by atoms with van der Waals surface area (Å²) in [6.07, 6.45) is -0.733. The van der Waals surface area contributed by atoms with Crippen LogP contribution in [0.2, 0.25) is 0 Å². The van der Waals surface area contributed by atoms with Gasteiger partial charge in [-0.15, -0.1) is 11.8 Å². The number of carbonyl (C=O) groups is 3. The summed E-state index contributed by atoms with van der Waals surface area (Å²) in [4.78, 5) is 41.2. The zero-order valence-corrected chi connectivity index (χ0v) is 25.3. The molecule has 10 heteroatoms. The van der Waals surface area contributed by atoms with Gasteiger partial charge in [0.15, 0.2) is 12.7 Å². The molecule has 1 fully saturated rings. The molecule has 0 saturated carbocycles. The molecule has 0 radical (unpaired) electrons. The van der Waals surface area contributed by atoms with Crippen molar-refractivity contribution < 1.29 is 24.2 Å². The number of ether oxygens (including phenoxy) is 1. The van der Waals surface area contributed by atoms with Crippen LogP contribution in [0.15, 0.2) is 54.6 Å². The van der Waals surface area contributed by atoms with Crippen molar-refractivity contribution in [2.24, 2.45) is 0 Å².